The fraction of sp³-hybridized carbons (Fsp3) is 0.100. The quantitative estimate of drug-likeness (QED) is 0.460. The maximum Gasteiger partial charge on any atom is 0.268 e. The van der Waals surface area contributed by atoms with E-state index >= 15 is 0 Å². The van der Waals surface area contributed by atoms with Crippen LogP contribution in [0.3, 0.4) is 0 Å². The van der Waals surface area contributed by atoms with Crippen molar-refractivity contribution in [1.82, 2.24) is 9.47 Å². The normalized spacial score (nSPS) is 13.8. The molecule has 3 amide bonds. The van der Waals surface area contributed by atoms with Crippen molar-refractivity contribution < 1.29 is 14.4 Å². The number of amides is 3. The highest BCUT2D eigenvalue weighted by Gasteiger charge is 2.36. The first-order chi connectivity index (χ1) is 13.9. The molecule has 1 aliphatic rings. The minimum Gasteiger partial charge on any atom is -0.303 e. The van der Waals surface area contributed by atoms with Gasteiger partial charge in [-0.15, -0.1) is 6.42 Å². The van der Waals surface area contributed by atoms with Gasteiger partial charge in [-0.3, -0.25) is 19.3 Å². The van der Waals surface area contributed by atoms with E-state index in [0.29, 0.717) is 20.4 Å². The van der Waals surface area contributed by atoms with E-state index < -0.39 is 24.3 Å². The van der Waals surface area contributed by atoms with Crippen LogP contribution in [-0.2, 0) is 11.3 Å². The van der Waals surface area contributed by atoms with Gasteiger partial charge < -0.3 is 4.57 Å². The van der Waals surface area contributed by atoms with Gasteiger partial charge in [-0.2, -0.15) is 4.99 Å². The summed E-state index contributed by atoms with van der Waals surface area (Å²) in [5.41, 5.74) is 1.13. The molecule has 144 valence electrons. The van der Waals surface area contributed by atoms with Crippen LogP contribution in [0.25, 0.3) is 10.2 Å². The Morgan fingerprint density at radius 2 is 1.76 bits per heavy atom. The van der Waals surface area contributed by atoms with Crippen molar-refractivity contribution in [3.05, 3.63) is 62.4 Å². The average Bonchev–Trinajstić information content (AvgIpc) is 3.16. The van der Waals surface area contributed by atoms with E-state index in [1.165, 1.54) is 11.3 Å². The second-order valence-electron chi connectivity index (χ2n) is 6.13. The number of benzene rings is 2. The Morgan fingerprint density at radius 1 is 1.10 bits per heavy atom. The second kappa shape index (κ2) is 7.48. The monoisotopic (exact) mass is 443 g/mol. The summed E-state index contributed by atoms with van der Waals surface area (Å²) in [7, 11) is 0. The Kier molecular flexibility index (Phi) is 5.01. The standard InChI is InChI=1S/C20H11Cl2N3O3S/c1-2-9-24-17-14(8-7-13(21)16(17)22)29-20(24)23-15(26)10-25-18(27)11-5-3-4-6-12(11)19(25)28/h1,3-8H,9-10H2. The zero-order valence-corrected chi connectivity index (χ0v) is 17.0. The van der Waals surface area contributed by atoms with Crippen molar-refractivity contribution in [2.24, 2.45) is 4.99 Å². The molecule has 1 aliphatic heterocycles. The minimum absolute atomic E-state index is 0.124. The third-order valence-corrected chi connectivity index (χ3v) is 6.21. The number of carbonyl (C=O) groups excluding carboxylic acids is 3. The average molecular weight is 444 g/mol. The fourth-order valence-corrected chi connectivity index (χ4v) is 4.62. The highest BCUT2D eigenvalue weighted by Crippen LogP contribution is 2.32. The Labute approximate surface area is 179 Å². The Hall–Kier alpha value is -2.92. The van der Waals surface area contributed by atoms with Crippen molar-refractivity contribution >= 4 is 62.5 Å². The van der Waals surface area contributed by atoms with Crippen molar-refractivity contribution in [2.75, 3.05) is 6.54 Å². The number of imide groups is 1. The van der Waals surface area contributed by atoms with E-state index in [4.69, 9.17) is 29.6 Å². The third-order valence-electron chi connectivity index (χ3n) is 4.38. The van der Waals surface area contributed by atoms with Crippen LogP contribution in [-0.4, -0.2) is 33.7 Å². The van der Waals surface area contributed by atoms with Crippen molar-refractivity contribution in [3.63, 3.8) is 0 Å². The first-order valence-corrected chi connectivity index (χ1v) is 9.93. The number of nitrogens with zero attached hydrogens (tertiary/aromatic N) is 3. The maximum atomic E-state index is 12.6. The largest absolute Gasteiger partial charge is 0.303 e. The van der Waals surface area contributed by atoms with Gasteiger partial charge >= 0.3 is 0 Å². The lowest BCUT2D eigenvalue weighted by Gasteiger charge is -2.10. The topological polar surface area (TPSA) is 71.7 Å². The van der Waals surface area contributed by atoms with Gasteiger partial charge in [0, 0.05) is 0 Å². The van der Waals surface area contributed by atoms with Crippen LogP contribution in [0.2, 0.25) is 10.0 Å². The number of halogens is 2. The van der Waals surface area contributed by atoms with E-state index in [0.717, 1.165) is 9.60 Å². The zero-order valence-electron chi connectivity index (χ0n) is 14.7. The van der Waals surface area contributed by atoms with E-state index in [9.17, 15) is 14.4 Å². The van der Waals surface area contributed by atoms with Gasteiger partial charge in [0.1, 0.15) is 6.54 Å². The van der Waals surface area contributed by atoms with Gasteiger partial charge in [-0.05, 0) is 24.3 Å². The van der Waals surface area contributed by atoms with Crippen LogP contribution < -0.4 is 4.80 Å². The molecule has 6 nitrogen and oxygen atoms in total. The number of hydrogen-bond acceptors (Lipinski definition) is 4. The van der Waals surface area contributed by atoms with Crippen molar-refractivity contribution in [3.8, 4) is 12.3 Å². The van der Waals surface area contributed by atoms with Crippen LogP contribution in [0.15, 0.2) is 41.4 Å². The van der Waals surface area contributed by atoms with E-state index in [2.05, 4.69) is 10.9 Å². The van der Waals surface area contributed by atoms with Crippen LogP contribution >= 0.6 is 34.5 Å². The summed E-state index contributed by atoms with van der Waals surface area (Å²) in [5, 5.41) is 0.663. The molecule has 4 rings (SSSR count). The molecule has 0 aliphatic carbocycles. The molecule has 0 bridgehead atoms. The van der Waals surface area contributed by atoms with Crippen LogP contribution in [0, 0.1) is 12.3 Å². The van der Waals surface area contributed by atoms with Crippen molar-refractivity contribution in [1.29, 1.82) is 0 Å². The SMILES string of the molecule is C#CCn1c(=NC(=O)CN2C(=O)c3ccccc3C2=O)sc2ccc(Cl)c(Cl)c21. The van der Waals surface area contributed by atoms with Gasteiger partial charge in [0.05, 0.1) is 37.9 Å². The molecule has 0 radical (unpaired) electrons. The molecule has 3 aromatic rings. The summed E-state index contributed by atoms with van der Waals surface area (Å²) in [4.78, 5) is 42.7. The number of thiazole rings is 1. The molecule has 0 spiro atoms. The van der Waals surface area contributed by atoms with E-state index in [1.54, 1.807) is 41.0 Å². The Bertz CT molecular complexity index is 1280. The maximum absolute atomic E-state index is 12.6. The number of carbonyl (C=O) groups is 3. The molecule has 0 saturated carbocycles. The molecular weight excluding hydrogens is 433 g/mol. The van der Waals surface area contributed by atoms with Gasteiger partial charge in [-0.1, -0.05) is 52.6 Å². The summed E-state index contributed by atoms with van der Waals surface area (Å²) in [6.45, 7) is -0.343. The summed E-state index contributed by atoms with van der Waals surface area (Å²) in [5.74, 6) is 0.812. The number of aromatic nitrogens is 1. The first-order valence-electron chi connectivity index (χ1n) is 8.36. The predicted molar refractivity (Wildman–Crippen MR) is 111 cm³/mol. The number of hydrogen-bond donors (Lipinski definition) is 0. The fourth-order valence-electron chi connectivity index (χ4n) is 3.09. The first kappa shape index (κ1) is 19.4. The highest BCUT2D eigenvalue weighted by molar-refractivity contribution is 7.16. The van der Waals surface area contributed by atoms with E-state index in [1.807, 2.05) is 0 Å². The zero-order chi connectivity index (χ0) is 20.7. The Balaban J connectivity index is 1.71. The lowest BCUT2D eigenvalue weighted by Crippen LogP contribution is -2.35. The molecular formula is C20H11Cl2N3O3S. The predicted octanol–water partition coefficient (Wildman–Crippen LogP) is 3.37. The molecule has 0 saturated heterocycles. The lowest BCUT2D eigenvalue weighted by molar-refractivity contribution is -0.118. The molecule has 9 heteroatoms. The summed E-state index contributed by atoms with van der Waals surface area (Å²) >= 11 is 13.6. The highest BCUT2D eigenvalue weighted by atomic mass is 35.5. The van der Waals surface area contributed by atoms with Gasteiger partial charge in [0.15, 0.2) is 4.80 Å². The number of rotatable bonds is 3. The number of fused-ring (bicyclic) bond motifs is 2. The summed E-state index contributed by atoms with van der Waals surface area (Å²) < 4.78 is 2.36. The van der Waals surface area contributed by atoms with Gasteiger partial charge in [0.25, 0.3) is 17.7 Å². The molecule has 0 fully saturated rings. The second-order valence-corrected chi connectivity index (χ2v) is 7.92. The minimum atomic E-state index is -0.654. The number of terminal acetylenes is 1. The van der Waals surface area contributed by atoms with Gasteiger partial charge in [-0.25, -0.2) is 0 Å². The van der Waals surface area contributed by atoms with Crippen LogP contribution in [0.4, 0.5) is 0 Å². The molecule has 29 heavy (non-hydrogen) atoms. The molecule has 1 aromatic heterocycles. The molecule has 2 heterocycles. The van der Waals surface area contributed by atoms with E-state index in [-0.39, 0.29) is 17.7 Å². The molecule has 2 aromatic carbocycles. The van der Waals surface area contributed by atoms with Crippen molar-refractivity contribution in [2.45, 2.75) is 6.54 Å². The lowest BCUT2D eigenvalue weighted by atomic mass is 10.1. The van der Waals surface area contributed by atoms with Crippen LogP contribution in [0.1, 0.15) is 20.7 Å². The molecule has 0 unspecified atom stereocenters. The molecule has 0 N–H and O–H groups in total. The summed E-state index contributed by atoms with van der Waals surface area (Å²) in [6, 6.07) is 9.83. The summed E-state index contributed by atoms with van der Waals surface area (Å²) in [6.07, 6.45) is 5.45. The van der Waals surface area contributed by atoms with Crippen LogP contribution in [0.5, 0.6) is 0 Å². The smallest absolute Gasteiger partial charge is 0.268 e. The van der Waals surface area contributed by atoms with Gasteiger partial charge in [0.2, 0.25) is 0 Å². The Morgan fingerprint density at radius 3 is 2.38 bits per heavy atom. The molecule has 0 atom stereocenters. The third kappa shape index (κ3) is 3.25.